The highest BCUT2D eigenvalue weighted by Gasteiger charge is 2.17. The summed E-state index contributed by atoms with van der Waals surface area (Å²) in [6.45, 7) is 3.97. The summed E-state index contributed by atoms with van der Waals surface area (Å²) in [7, 11) is 0. The molecule has 1 aromatic heterocycles. The van der Waals surface area contributed by atoms with Crippen molar-refractivity contribution in [2.75, 3.05) is 13.1 Å². The lowest BCUT2D eigenvalue weighted by atomic mass is 10.1. The van der Waals surface area contributed by atoms with Gasteiger partial charge >= 0.3 is 0 Å². The summed E-state index contributed by atoms with van der Waals surface area (Å²) in [4.78, 5) is 26.8. The minimum absolute atomic E-state index is 0.0290. The zero-order valence-electron chi connectivity index (χ0n) is 11.0. The van der Waals surface area contributed by atoms with Crippen molar-refractivity contribution < 1.29 is 14.1 Å². The van der Waals surface area contributed by atoms with E-state index >= 15 is 0 Å². The molecule has 8 nitrogen and oxygen atoms in total. The Hall–Kier alpha value is -1.96. The summed E-state index contributed by atoms with van der Waals surface area (Å²) >= 11 is 0. The van der Waals surface area contributed by atoms with E-state index in [0.717, 1.165) is 0 Å². The fourth-order valence-electron chi connectivity index (χ4n) is 1.27. The van der Waals surface area contributed by atoms with Crippen LogP contribution in [0.5, 0.6) is 0 Å². The zero-order chi connectivity index (χ0) is 14.3. The first-order valence-corrected chi connectivity index (χ1v) is 6.06. The summed E-state index contributed by atoms with van der Waals surface area (Å²) in [5, 5.41) is 8.72. The van der Waals surface area contributed by atoms with Gasteiger partial charge in [0, 0.05) is 13.0 Å². The predicted octanol–water partition coefficient (Wildman–Crippen LogP) is -1.17. The second-order valence-electron chi connectivity index (χ2n) is 4.43. The summed E-state index contributed by atoms with van der Waals surface area (Å²) in [5.41, 5.74) is 5.64. The van der Waals surface area contributed by atoms with Crippen LogP contribution in [0.25, 0.3) is 0 Å². The second-order valence-corrected chi connectivity index (χ2v) is 4.43. The van der Waals surface area contributed by atoms with Gasteiger partial charge in [-0.2, -0.15) is 4.98 Å². The third-order valence-electron chi connectivity index (χ3n) is 2.52. The maximum atomic E-state index is 11.5. The van der Waals surface area contributed by atoms with E-state index in [4.69, 9.17) is 5.73 Å². The number of carbonyl (C=O) groups excluding carboxylic acids is 2. The van der Waals surface area contributed by atoms with Gasteiger partial charge in [-0.05, 0) is 5.92 Å². The fraction of sp³-hybridized carbons (Fsp3) is 0.636. The molecule has 4 N–H and O–H groups in total. The third kappa shape index (κ3) is 5.47. The normalized spacial score (nSPS) is 12.2. The lowest BCUT2D eigenvalue weighted by Crippen LogP contribution is -2.47. The van der Waals surface area contributed by atoms with Crippen molar-refractivity contribution >= 4 is 11.8 Å². The highest BCUT2D eigenvalue weighted by Crippen LogP contribution is 1.97. The molecule has 2 amide bonds. The first kappa shape index (κ1) is 15.1. The van der Waals surface area contributed by atoms with Crippen molar-refractivity contribution in [3.63, 3.8) is 0 Å². The molecule has 0 bridgehead atoms. The molecular weight excluding hydrogens is 250 g/mol. The highest BCUT2D eigenvalue weighted by molar-refractivity contribution is 5.87. The van der Waals surface area contributed by atoms with Crippen LogP contribution in [0.2, 0.25) is 0 Å². The molecular formula is C11H19N5O3. The van der Waals surface area contributed by atoms with E-state index in [0.29, 0.717) is 18.8 Å². The van der Waals surface area contributed by atoms with E-state index in [1.165, 1.54) is 6.39 Å². The Labute approximate surface area is 111 Å². The number of aromatic nitrogens is 2. The van der Waals surface area contributed by atoms with Gasteiger partial charge in [0.25, 0.3) is 0 Å². The van der Waals surface area contributed by atoms with Crippen LogP contribution in [-0.4, -0.2) is 41.1 Å². The van der Waals surface area contributed by atoms with Gasteiger partial charge in [-0.1, -0.05) is 19.0 Å². The topological polar surface area (TPSA) is 123 Å². The molecule has 0 aliphatic heterocycles. The zero-order valence-corrected chi connectivity index (χ0v) is 11.0. The standard InChI is InChI=1S/C11H19N5O3/c1-7(2)10(12)11(18)14-5-9(17)13-4-3-8-15-6-19-16-8/h6-7,10H,3-5,12H2,1-2H3,(H,13,17)(H,14,18)/t10-/m0/s1. The van der Waals surface area contributed by atoms with Crippen molar-refractivity contribution in [1.82, 2.24) is 20.8 Å². The van der Waals surface area contributed by atoms with Gasteiger partial charge < -0.3 is 20.9 Å². The van der Waals surface area contributed by atoms with Gasteiger partial charge in [-0.25, -0.2) is 0 Å². The quantitative estimate of drug-likeness (QED) is 0.573. The Kier molecular flexibility index (Phi) is 5.94. The molecule has 0 saturated carbocycles. The number of carbonyl (C=O) groups is 2. The molecule has 0 unspecified atom stereocenters. The average Bonchev–Trinajstić information content (AvgIpc) is 2.88. The van der Waals surface area contributed by atoms with Crippen molar-refractivity contribution in [2.24, 2.45) is 11.7 Å². The average molecular weight is 269 g/mol. The minimum Gasteiger partial charge on any atom is -0.354 e. The van der Waals surface area contributed by atoms with Gasteiger partial charge in [0.05, 0.1) is 12.6 Å². The molecule has 1 heterocycles. The summed E-state index contributed by atoms with van der Waals surface area (Å²) < 4.78 is 4.55. The Morgan fingerprint density at radius 2 is 2.16 bits per heavy atom. The number of hydrogen-bond acceptors (Lipinski definition) is 6. The number of nitrogens with zero attached hydrogens (tertiary/aromatic N) is 2. The molecule has 19 heavy (non-hydrogen) atoms. The van der Waals surface area contributed by atoms with Crippen LogP contribution >= 0.6 is 0 Å². The molecule has 0 spiro atoms. The Bertz CT molecular complexity index is 404. The van der Waals surface area contributed by atoms with Crippen molar-refractivity contribution in [2.45, 2.75) is 26.3 Å². The molecule has 0 aliphatic carbocycles. The molecule has 8 heteroatoms. The van der Waals surface area contributed by atoms with E-state index in [2.05, 4.69) is 25.3 Å². The first-order chi connectivity index (χ1) is 9.00. The van der Waals surface area contributed by atoms with E-state index < -0.39 is 6.04 Å². The summed E-state index contributed by atoms with van der Waals surface area (Å²) in [6.07, 6.45) is 1.70. The molecule has 106 valence electrons. The Balaban J connectivity index is 2.16. The number of nitrogens with two attached hydrogens (primary N) is 1. The lowest BCUT2D eigenvalue weighted by molar-refractivity contribution is -0.127. The van der Waals surface area contributed by atoms with Gasteiger partial charge in [-0.15, -0.1) is 0 Å². The molecule has 0 aliphatic rings. The SMILES string of the molecule is CC(C)[C@H](N)C(=O)NCC(=O)NCCc1ncon1. The maximum absolute atomic E-state index is 11.5. The van der Waals surface area contributed by atoms with Gasteiger partial charge in [0.1, 0.15) is 0 Å². The van der Waals surface area contributed by atoms with Crippen LogP contribution in [0.3, 0.4) is 0 Å². The second kappa shape index (κ2) is 7.47. The molecule has 0 aromatic carbocycles. The Morgan fingerprint density at radius 1 is 1.42 bits per heavy atom. The van der Waals surface area contributed by atoms with Gasteiger partial charge in [-0.3, -0.25) is 9.59 Å². The van der Waals surface area contributed by atoms with E-state index in [-0.39, 0.29) is 24.3 Å². The molecule has 0 radical (unpaired) electrons. The molecule has 1 atom stereocenters. The summed E-state index contributed by atoms with van der Waals surface area (Å²) in [6, 6.07) is -0.605. The van der Waals surface area contributed by atoms with Crippen LogP contribution in [0, 0.1) is 5.92 Å². The monoisotopic (exact) mass is 269 g/mol. The van der Waals surface area contributed by atoms with Crippen LogP contribution in [0.4, 0.5) is 0 Å². The van der Waals surface area contributed by atoms with Crippen molar-refractivity contribution in [1.29, 1.82) is 0 Å². The minimum atomic E-state index is -0.605. The number of hydrogen-bond donors (Lipinski definition) is 3. The van der Waals surface area contributed by atoms with Crippen molar-refractivity contribution in [3.05, 3.63) is 12.2 Å². The summed E-state index contributed by atoms with van der Waals surface area (Å²) in [5.74, 6) is -0.0661. The predicted molar refractivity (Wildman–Crippen MR) is 66.8 cm³/mol. The van der Waals surface area contributed by atoms with Crippen LogP contribution in [0.15, 0.2) is 10.9 Å². The highest BCUT2D eigenvalue weighted by atomic mass is 16.5. The van der Waals surface area contributed by atoms with Crippen LogP contribution < -0.4 is 16.4 Å². The molecule has 1 rings (SSSR count). The Morgan fingerprint density at radius 3 is 2.74 bits per heavy atom. The number of nitrogens with one attached hydrogen (secondary N) is 2. The molecule has 1 aromatic rings. The number of amides is 2. The van der Waals surface area contributed by atoms with Crippen LogP contribution in [0.1, 0.15) is 19.7 Å². The van der Waals surface area contributed by atoms with E-state index in [1.54, 1.807) is 0 Å². The van der Waals surface area contributed by atoms with Crippen molar-refractivity contribution in [3.8, 4) is 0 Å². The third-order valence-corrected chi connectivity index (χ3v) is 2.52. The van der Waals surface area contributed by atoms with Gasteiger partial charge in [0.15, 0.2) is 5.82 Å². The number of rotatable bonds is 7. The smallest absolute Gasteiger partial charge is 0.239 e. The van der Waals surface area contributed by atoms with E-state index in [1.807, 2.05) is 13.8 Å². The maximum Gasteiger partial charge on any atom is 0.239 e. The van der Waals surface area contributed by atoms with Crippen LogP contribution in [-0.2, 0) is 16.0 Å². The van der Waals surface area contributed by atoms with Gasteiger partial charge in [0.2, 0.25) is 18.2 Å². The lowest BCUT2D eigenvalue weighted by Gasteiger charge is -2.15. The van der Waals surface area contributed by atoms with E-state index in [9.17, 15) is 9.59 Å². The fourth-order valence-corrected chi connectivity index (χ4v) is 1.27. The molecule has 0 saturated heterocycles. The molecule has 0 fully saturated rings. The first-order valence-electron chi connectivity index (χ1n) is 6.06. The largest absolute Gasteiger partial charge is 0.354 e.